The van der Waals surface area contributed by atoms with E-state index in [0.717, 1.165) is 5.56 Å². The molecule has 0 atom stereocenters. The maximum Gasteiger partial charge on any atom is 0.319 e. The Hall–Kier alpha value is -2.20. The quantitative estimate of drug-likeness (QED) is 0.808. The van der Waals surface area contributed by atoms with Gasteiger partial charge >= 0.3 is 6.03 Å². The Labute approximate surface area is 122 Å². The summed E-state index contributed by atoms with van der Waals surface area (Å²) in [5, 5.41) is 15.4. The number of carbonyl (C=O) groups is 1. The topological polar surface area (TPSA) is 61.4 Å². The molecule has 0 radical (unpaired) electrons. The Balaban J connectivity index is 1.80. The first-order valence-electron chi connectivity index (χ1n) is 6.22. The van der Waals surface area contributed by atoms with Gasteiger partial charge in [0.25, 0.3) is 0 Å². The van der Waals surface area contributed by atoms with E-state index in [1.54, 1.807) is 18.2 Å². The number of halogens is 1. The third-order valence-corrected chi connectivity index (χ3v) is 3.11. The zero-order valence-electron chi connectivity index (χ0n) is 10.8. The van der Waals surface area contributed by atoms with Crippen LogP contribution in [0.2, 0.25) is 5.02 Å². The number of phenols is 1. The van der Waals surface area contributed by atoms with Crippen LogP contribution in [0.3, 0.4) is 0 Å². The van der Waals surface area contributed by atoms with Crippen molar-refractivity contribution in [2.45, 2.75) is 6.42 Å². The number of hydrogen-bond acceptors (Lipinski definition) is 2. The van der Waals surface area contributed by atoms with Gasteiger partial charge in [-0.15, -0.1) is 0 Å². The minimum absolute atomic E-state index is 0.110. The van der Waals surface area contributed by atoms with Crippen LogP contribution in [0.5, 0.6) is 5.75 Å². The molecule has 3 N–H and O–H groups in total. The van der Waals surface area contributed by atoms with E-state index < -0.39 is 0 Å². The molecule has 5 heteroatoms. The summed E-state index contributed by atoms with van der Waals surface area (Å²) in [4.78, 5) is 11.7. The molecule has 2 aromatic rings. The first-order chi connectivity index (χ1) is 9.65. The van der Waals surface area contributed by atoms with Crippen molar-refractivity contribution in [3.05, 3.63) is 59.1 Å². The molecule has 4 nitrogen and oxygen atoms in total. The van der Waals surface area contributed by atoms with Crippen LogP contribution in [-0.2, 0) is 6.42 Å². The average molecular weight is 291 g/mol. The fraction of sp³-hybridized carbons (Fsp3) is 0.133. The SMILES string of the molecule is O=C(NCCc1ccccc1Cl)Nc1cccc(O)c1. The van der Waals surface area contributed by atoms with Gasteiger partial charge in [-0.1, -0.05) is 35.9 Å². The lowest BCUT2D eigenvalue weighted by Crippen LogP contribution is -2.30. The van der Waals surface area contributed by atoms with Gasteiger partial charge in [-0.05, 0) is 30.2 Å². The molecule has 0 saturated heterocycles. The maximum absolute atomic E-state index is 11.7. The summed E-state index contributed by atoms with van der Waals surface area (Å²) in [7, 11) is 0. The van der Waals surface area contributed by atoms with Gasteiger partial charge in [0.15, 0.2) is 0 Å². The van der Waals surface area contributed by atoms with Crippen molar-refractivity contribution in [1.29, 1.82) is 0 Å². The number of phenolic OH excluding ortho intramolecular Hbond substituents is 1. The summed E-state index contributed by atoms with van der Waals surface area (Å²) in [6.45, 7) is 0.481. The second kappa shape index (κ2) is 6.82. The number of urea groups is 1. The fourth-order valence-electron chi connectivity index (χ4n) is 1.77. The number of anilines is 1. The van der Waals surface area contributed by atoms with E-state index in [0.29, 0.717) is 23.7 Å². The summed E-state index contributed by atoms with van der Waals surface area (Å²) in [6, 6.07) is 13.6. The van der Waals surface area contributed by atoms with E-state index >= 15 is 0 Å². The molecular formula is C15H15ClN2O2. The van der Waals surface area contributed by atoms with Crippen LogP contribution in [0.25, 0.3) is 0 Å². The van der Waals surface area contributed by atoms with Gasteiger partial charge in [-0.2, -0.15) is 0 Å². The number of carbonyl (C=O) groups excluding carboxylic acids is 1. The normalized spacial score (nSPS) is 10.1. The maximum atomic E-state index is 11.7. The van der Waals surface area contributed by atoms with Crippen molar-refractivity contribution < 1.29 is 9.90 Å². The molecule has 20 heavy (non-hydrogen) atoms. The van der Waals surface area contributed by atoms with Crippen LogP contribution in [0.1, 0.15) is 5.56 Å². The first kappa shape index (κ1) is 14.2. The third-order valence-electron chi connectivity index (χ3n) is 2.74. The number of aromatic hydroxyl groups is 1. The number of rotatable bonds is 4. The second-order valence-electron chi connectivity index (χ2n) is 4.27. The summed E-state index contributed by atoms with van der Waals surface area (Å²) in [6.07, 6.45) is 0.660. The van der Waals surface area contributed by atoms with Crippen LogP contribution < -0.4 is 10.6 Å². The molecule has 0 aliphatic rings. The van der Waals surface area contributed by atoms with Gasteiger partial charge in [0.2, 0.25) is 0 Å². The van der Waals surface area contributed by atoms with E-state index in [4.69, 9.17) is 11.6 Å². The summed E-state index contributed by atoms with van der Waals surface area (Å²) in [5.74, 6) is 0.110. The molecule has 0 aliphatic heterocycles. The first-order valence-corrected chi connectivity index (χ1v) is 6.60. The molecule has 0 spiro atoms. The van der Waals surface area contributed by atoms with Gasteiger partial charge in [0.05, 0.1) is 0 Å². The van der Waals surface area contributed by atoms with E-state index in [1.807, 2.05) is 24.3 Å². The highest BCUT2D eigenvalue weighted by Crippen LogP contribution is 2.16. The summed E-state index contributed by atoms with van der Waals surface area (Å²) < 4.78 is 0. The molecule has 0 aromatic heterocycles. The van der Waals surface area contributed by atoms with Crippen molar-refractivity contribution >= 4 is 23.3 Å². The van der Waals surface area contributed by atoms with Gasteiger partial charge in [-0.3, -0.25) is 0 Å². The average Bonchev–Trinajstić information content (AvgIpc) is 2.41. The highest BCUT2D eigenvalue weighted by Gasteiger charge is 2.03. The number of amides is 2. The van der Waals surface area contributed by atoms with Gasteiger partial charge in [-0.25, -0.2) is 4.79 Å². The van der Waals surface area contributed by atoms with Crippen molar-refractivity contribution in [3.63, 3.8) is 0 Å². The molecule has 0 heterocycles. The summed E-state index contributed by atoms with van der Waals surface area (Å²) in [5.41, 5.74) is 1.53. The Morgan fingerprint density at radius 1 is 1.15 bits per heavy atom. The van der Waals surface area contributed by atoms with Gasteiger partial charge in [0, 0.05) is 23.3 Å². The molecule has 0 fully saturated rings. The molecule has 0 aliphatic carbocycles. The minimum Gasteiger partial charge on any atom is -0.508 e. The van der Waals surface area contributed by atoms with Crippen LogP contribution in [-0.4, -0.2) is 17.7 Å². The molecule has 2 aromatic carbocycles. The predicted octanol–water partition coefficient (Wildman–Crippen LogP) is 3.41. The Morgan fingerprint density at radius 3 is 2.70 bits per heavy atom. The Kier molecular flexibility index (Phi) is 4.85. The van der Waals surface area contributed by atoms with Crippen LogP contribution in [0.4, 0.5) is 10.5 Å². The smallest absolute Gasteiger partial charge is 0.319 e. The number of benzene rings is 2. The number of nitrogens with one attached hydrogen (secondary N) is 2. The van der Waals surface area contributed by atoms with Crippen molar-refractivity contribution in [2.75, 3.05) is 11.9 Å². The van der Waals surface area contributed by atoms with Gasteiger partial charge in [0.1, 0.15) is 5.75 Å². The van der Waals surface area contributed by atoms with Crippen molar-refractivity contribution in [1.82, 2.24) is 5.32 Å². The Bertz CT molecular complexity index is 602. The van der Waals surface area contributed by atoms with E-state index in [9.17, 15) is 9.90 Å². The largest absolute Gasteiger partial charge is 0.508 e. The van der Waals surface area contributed by atoms with Crippen LogP contribution in [0, 0.1) is 0 Å². The van der Waals surface area contributed by atoms with E-state index in [1.165, 1.54) is 6.07 Å². The van der Waals surface area contributed by atoms with Gasteiger partial charge < -0.3 is 15.7 Å². The molecule has 104 valence electrons. The molecule has 0 unspecified atom stereocenters. The molecular weight excluding hydrogens is 276 g/mol. The standard InChI is InChI=1S/C15H15ClN2O2/c16-14-7-2-1-4-11(14)8-9-17-15(20)18-12-5-3-6-13(19)10-12/h1-7,10,19H,8-9H2,(H2,17,18,20). The van der Waals surface area contributed by atoms with E-state index in [-0.39, 0.29) is 11.8 Å². The molecule has 2 rings (SSSR count). The zero-order chi connectivity index (χ0) is 14.4. The predicted molar refractivity (Wildman–Crippen MR) is 80.3 cm³/mol. The Morgan fingerprint density at radius 2 is 1.95 bits per heavy atom. The minimum atomic E-state index is -0.317. The zero-order valence-corrected chi connectivity index (χ0v) is 11.5. The molecule has 2 amide bonds. The lowest BCUT2D eigenvalue weighted by Gasteiger charge is -2.08. The highest BCUT2D eigenvalue weighted by atomic mass is 35.5. The van der Waals surface area contributed by atoms with Crippen molar-refractivity contribution in [2.24, 2.45) is 0 Å². The highest BCUT2D eigenvalue weighted by molar-refractivity contribution is 6.31. The lowest BCUT2D eigenvalue weighted by molar-refractivity contribution is 0.252. The molecule has 0 saturated carbocycles. The third kappa shape index (κ3) is 4.17. The second-order valence-corrected chi connectivity index (χ2v) is 4.68. The van der Waals surface area contributed by atoms with E-state index in [2.05, 4.69) is 10.6 Å². The summed E-state index contributed by atoms with van der Waals surface area (Å²) >= 11 is 6.03. The fourth-order valence-corrected chi connectivity index (χ4v) is 2.00. The lowest BCUT2D eigenvalue weighted by atomic mass is 10.1. The number of hydrogen-bond donors (Lipinski definition) is 3. The monoisotopic (exact) mass is 290 g/mol. The van der Waals surface area contributed by atoms with Crippen LogP contribution in [0.15, 0.2) is 48.5 Å². The molecule has 0 bridgehead atoms. The van der Waals surface area contributed by atoms with Crippen molar-refractivity contribution in [3.8, 4) is 5.75 Å². The van der Waals surface area contributed by atoms with Crippen LogP contribution >= 0.6 is 11.6 Å².